The van der Waals surface area contributed by atoms with Crippen molar-refractivity contribution in [2.24, 2.45) is 0 Å². The van der Waals surface area contributed by atoms with Gasteiger partial charge >= 0.3 is 36.9 Å². The van der Waals surface area contributed by atoms with Crippen LogP contribution < -0.4 is 34.6 Å². The fraction of sp³-hybridized carbons (Fsp3) is 0. The second kappa shape index (κ2) is 11.0. The van der Waals surface area contributed by atoms with Gasteiger partial charge in [0.2, 0.25) is 0 Å². The topological polar surface area (TPSA) is 127 Å². The first-order valence-electron chi connectivity index (χ1n) is 1.32. The summed E-state index contributed by atoms with van der Waals surface area (Å²) in [6, 6.07) is 0. The molecule has 0 unspecified atom stereocenters. The molecule has 0 heterocycles. The van der Waals surface area contributed by atoms with Gasteiger partial charge in [0, 0.05) is 0 Å². The normalized spacial score (nSPS) is 5.67. The van der Waals surface area contributed by atoms with E-state index in [1.54, 1.807) is 0 Å². The minimum Gasteiger partial charge on any atom is -0.832 e. The molecule has 0 radical (unpaired) electrons. The maximum absolute atomic E-state index is 8.64. The summed E-state index contributed by atoms with van der Waals surface area (Å²) in [7, 11) is -2.42. The predicted octanol–water partition coefficient (Wildman–Crippen LogP) is -6.03. The number of hydrogen-bond acceptors (Lipinski definition) is 5. The van der Waals surface area contributed by atoms with E-state index < -0.39 is 12.4 Å². The summed E-state index contributed by atoms with van der Waals surface area (Å²) in [6.45, 7) is 0. The van der Waals surface area contributed by atoms with E-state index in [0.717, 1.165) is 0 Å². The molecule has 9 heavy (non-hydrogen) atoms. The minimum atomic E-state index is -2.42. The van der Waals surface area contributed by atoms with Gasteiger partial charge in [0.15, 0.2) is 0 Å². The van der Waals surface area contributed by atoms with Crippen molar-refractivity contribution in [3.63, 3.8) is 0 Å². The molecule has 0 atom stereocenters. The SMILES string of the molecule is O=[N+]([O-])O.[Na+].[O-]B(O)O. The first kappa shape index (κ1) is 16.1. The Morgan fingerprint density at radius 2 is 1.44 bits per heavy atom. The van der Waals surface area contributed by atoms with Gasteiger partial charge in [0.1, 0.15) is 0 Å². The van der Waals surface area contributed by atoms with Crippen molar-refractivity contribution < 1.29 is 54.9 Å². The third-order valence-electron chi connectivity index (χ3n) is 0. The fourth-order valence-corrected chi connectivity index (χ4v) is 0. The van der Waals surface area contributed by atoms with Gasteiger partial charge in [-0.25, -0.2) is 0 Å². The molecular formula is H3BNNaO6. The Kier molecular flexibility index (Phi) is 19.7. The van der Waals surface area contributed by atoms with Crippen molar-refractivity contribution in [3.05, 3.63) is 10.1 Å². The standard InChI is InChI=1S/BH2O3.HNO3.Na/c2*2-1(3)4;/h2-3H;(H,2,3,4);/q-1;;+1. The average Bonchev–Trinajstić information content (AvgIpc) is 1.25. The third kappa shape index (κ3) is 14600. The van der Waals surface area contributed by atoms with Crippen LogP contribution in [0.15, 0.2) is 0 Å². The fourth-order valence-electron chi connectivity index (χ4n) is 0. The second-order valence-corrected chi connectivity index (χ2v) is 0.564. The van der Waals surface area contributed by atoms with E-state index in [1.807, 2.05) is 0 Å². The molecule has 0 rings (SSSR count). The molecule has 7 nitrogen and oxygen atoms in total. The van der Waals surface area contributed by atoms with Crippen LogP contribution in [0, 0.1) is 10.1 Å². The molecule has 0 aromatic rings. The zero-order valence-corrected chi connectivity index (χ0v) is 6.59. The molecule has 0 aliphatic carbocycles. The first-order valence-corrected chi connectivity index (χ1v) is 1.32. The van der Waals surface area contributed by atoms with E-state index in [4.69, 9.17) is 30.4 Å². The zero-order valence-electron chi connectivity index (χ0n) is 4.59. The van der Waals surface area contributed by atoms with Crippen molar-refractivity contribution in [2.75, 3.05) is 0 Å². The molecule has 0 aromatic heterocycles. The van der Waals surface area contributed by atoms with E-state index >= 15 is 0 Å². The Morgan fingerprint density at radius 3 is 1.44 bits per heavy atom. The summed E-state index contributed by atoms with van der Waals surface area (Å²) in [5.74, 6) is 0. The molecule has 0 bridgehead atoms. The quantitative estimate of drug-likeness (QED) is 0.178. The van der Waals surface area contributed by atoms with Gasteiger partial charge in [-0.15, -0.1) is 10.1 Å². The van der Waals surface area contributed by atoms with E-state index in [9.17, 15) is 0 Å². The van der Waals surface area contributed by atoms with E-state index in [0.29, 0.717) is 0 Å². The number of nitrogens with zero attached hydrogens (tertiary/aromatic N) is 1. The molecule has 9 heteroatoms. The molecule has 0 saturated heterocycles. The van der Waals surface area contributed by atoms with Gasteiger partial charge in [-0.2, -0.15) is 0 Å². The Labute approximate surface area is 72.5 Å². The van der Waals surface area contributed by atoms with Crippen LogP contribution in [0.3, 0.4) is 0 Å². The molecule has 0 aromatic carbocycles. The van der Waals surface area contributed by atoms with Crippen LogP contribution in [0.25, 0.3) is 0 Å². The van der Waals surface area contributed by atoms with Crippen molar-refractivity contribution >= 4 is 7.32 Å². The number of hydrogen-bond donors (Lipinski definition) is 3. The molecule has 0 aliphatic heterocycles. The summed E-state index contributed by atoms with van der Waals surface area (Å²) < 4.78 is 0. The van der Waals surface area contributed by atoms with Crippen LogP contribution in [0.5, 0.6) is 0 Å². The van der Waals surface area contributed by atoms with Crippen molar-refractivity contribution in [1.82, 2.24) is 0 Å². The van der Waals surface area contributed by atoms with Gasteiger partial charge in [-0.1, -0.05) is 0 Å². The van der Waals surface area contributed by atoms with Crippen LogP contribution in [-0.2, 0) is 0 Å². The summed E-state index contributed by atoms with van der Waals surface area (Å²) in [5.41, 5.74) is 0. The smallest absolute Gasteiger partial charge is 0.832 e. The molecule has 0 aliphatic rings. The molecule has 0 amide bonds. The predicted molar refractivity (Wildman–Crippen MR) is 19.0 cm³/mol. The molecule has 48 valence electrons. The van der Waals surface area contributed by atoms with Gasteiger partial charge < -0.3 is 20.3 Å². The number of rotatable bonds is 0. The van der Waals surface area contributed by atoms with Crippen molar-refractivity contribution in [1.29, 1.82) is 0 Å². The maximum Gasteiger partial charge on any atom is 1.00 e. The average molecular weight is 147 g/mol. The monoisotopic (exact) mass is 147 g/mol. The van der Waals surface area contributed by atoms with Crippen LogP contribution >= 0.6 is 0 Å². The van der Waals surface area contributed by atoms with Gasteiger partial charge in [-0.05, 0) is 0 Å². The van der Waals surface area contributed by atoms with E-state index in [2.05, 4.69) is 0 Å². The summed E-state index contributed by atoms with van der Waals surface area (Å²) in [6.07, 6.45) is 0. The molecule has 0 saturated carbocycles. The molecule has 0 spiro atoms. The Hall–Kier alpha value is 0.145. The maximum atomic E-state index is 8.64. The van der Waals surface area contributed by atoms with Crippen LogP contribution in [-0.4, -0.2) is 27.7 Å². The van der Waals surface area contributed by atoms with Crippen molar-refractivity contribution in [3.8, 4) is 0 Å². The Bertz CT molecular complexity index is 57.3. The molecule has 0 fully saturated rings. The summed E-state index contributed by atoms with van der Waals surface area (Å²) >= 11 is 0. The van der Waals surface area contributed by atoms with Gasteiger partial charge in [0.05, 0.1) is 0 Å². The minimum absolute atomic E-state index is 0. The van der Waals surface area contributed by atoms with E-state index in [-0.39, 0.29) is 29.6 Å². The van der Waals surface area contributed by atoms with Gasteiger partial charge in [0.25, 0.3) is 5.09 Å². The summed E-state index contributed by atoms with van der Waals surface area (Å²) in [4.78, 5) is 8.36. The third-order valence-corrected chi connectivity index (χ3v) is 0. The van der Waals surface area contributed by atoms with Crippen LogP contribution in [0.1, 0.15) is 0 Å². The Morgan fingerprint density at radius 1 is 1.44 bits per heavy atom. The van der Waals surface area contributed by atoms with Crippen LogP contribution in [0.4, 0.5) is 0 Å². The largest absolute Gasteiger partial charge is 1.00 e. The molecular weight excluding hydrogens is 144 g/mol. The Balaban J connectivity index is -0.0000000720. The van der Waals surface area contributed by atoms with Crippen molar-refractivity contribution in [2.45, 2.75) is 0 Å². The van der Waals surface area contributed by atoms with Crippen LogP contribution in [0.2, 0.25) is 0 Å². The first-order chi connectivity index (χ1) is 3.46. The summed E-state index contributed by atoms with van der Waals surface area (Å²) in [5, 5.41) is 36.4. The van der Waals surface area contributed by atoms with Gasteiger partial charge in [-0.3, -0.25) is 0 Å². The van der Waals surface area contributed by atoms with E-state index in [1.165, 1.54) is 0 Å². The zero-order chi connectivity index (χ0) is 7.15. The molecule has 3 N–H and O–H groups in total. The second-order valence-electron chi connectivity index (χ2n) is 0.564.